The molecule has 0 aliphatic heterocycles. The van der Waals surface area contributed by atoms with E-state index in [1.165, 1.54) is 12.1 Å². The van der Waals surface area contributed by atoms with Crippen LogP contribution < -0.4 is 5.32 Å². The SMILES string of the molecule is O=[N+]([O-])c1ccc(CCNCC(O)c2ccsc2)cc1. The van der Waals surface area contributed by atoms with Gasteiger partial charge >= 0.3 is 0 Å². The fraction of sp³-hybridized carbons (Fsp3) is 0.286. The Morgan fingerprint density at radius 1 is 1.30 bits per heavy atom. The number of nitrogens with zero attached hydrogens (tertiary/aromatic N) is 1. The molecule has 2 rings (SSSR count). The van der Waals surface area contributed by atoms with Crippen molar-refractivity contribution in [2.24, 2.45) is 0 Å². The summed E-state index contributed by atoms with van der Waals surface area (Å²) < 4.78 is 0. The van der Waals surface area contributed by atoms with Crippen LogP contribution in [0.5, 0.6) is 0 Å². The van der Waals surface area contributed by atoms with Gasteiger partial charge in [-0.15, -0.1) is 0 Å². The number of non-ortho nitro benzene ring substituents is 1. The molecule has 1 aromatic carbocycles. The Bertz CT molecular complexity index is 540. The number of aliphatic hydroxyl groups excluding tert-OH is 1. The molecule has 0 fully saturated rings. The first-order valence-electron chi connectivity index (χ1n) is 6.31. The van der Waals surface area contributed by atoms with E-state index in [2.05, 4.69) is 5.32 Å². The highest BCUT2D eigenvalue weighted by atomic mass is 32.1. The van der Waals surface area contributed by atoms with Crippen molar-refractivity contribution in [3.63, 3.8) is 0 Å². The van der Waals surface area contributed by atoms with Crippen LogP contribution in [0.25, 0.3) is 0 Å². The summed E-state index contributed by atoms with van der Waals surface area (Å²) in [5, 5.41) is 27.5. The average Bonchev–Trinajstić information content (AvgIpc) is 2.98. The van der Waals surface area contributed by atoms with Crippen molar-refractivity contribution in [2.75, 3.05) is 13.1 Å². The minimum atomic E-state index is -0.488. The molecule has 0 radical (unpaired) electrons. The van der Waals surface area contributed by atoms with Gasteiger partial charge in [0.1, 0.15) is 0 Å². The topological polar surface area (TPSA) is 75.4 Å². The lowest BCUT2D eigenvalue weighted by atomic mass is 10.1. The predicted molar refractivity (Wildman–Crippen MR) is 78.9 cm³/mol. The number of aliphatic hydroxyl groups is 1. The summed E-state index contributed by atoms with van der Waals surface area (Å²) in [5.74, 6) is 0. The van der Waals surface area contributed by atoms with E-state index in [0.29, 0.717) is 6.54 Å². The molecule has 0 spiro atoms. The van der Waals surface area contributed by atoms with Gasteiger partial charge in [0, 0.05) is 18.7 Å². The largest absolute Gasteiger partial charge is 0.387 e. The van der Waals surface area contributed by atoms with E-state index < -0.39 is 11.0 Å². The van der Waals surface area contributed by atoms with Crippen molar-refractivity contribution in [1.82, 2.24) is 5.32 Å². The van der Waals surface area contributed by atoms with Crippen molar-refractivity contribution < 1.29 is 10.0 Å². The number of nitrogens with one attached hydrogen (secondary N) is 1. The van der Waals surface area contributed by atoms with E-state index in [9.17, 15) is 15.2 Å². The number of nitro groups is 1. The Morgan fingerprint density at radius 2 is 2.05 bits per heavy atom. The molecule has 1 aromatic heterocycles. The van der Waals surface area contributed by atoms with Crippen LogP contribution in [-0.2, 0) is 6.42 Å². The predicted octanol–water partition coefficient (Wildman–Crippen LogP) is 2.52. The lowest BCUT2D eigenvalue weighted by Crippen LogP contribution is -2.23. The third-order valence-electron chi connectivity index (χ3n) is 3.00. The Hall–Kier alpha value is -1.76. The highest BCUT2D eigenvalue weighted by Gasteiger charge is 2.07. The number of rotatable bonds is 7. The van der Waals surface area contributed by atoms with Gasteiger partial charge in [0.05, 0.1) is 11.0 Å². The molecule has 0 amide bonds. The summed E-state index contributed by atoms with van der Waals surface area (Å²) in [6.07, 6.45) is 0.284. The maximum absolute atomic E-state index is 10.5. The Labute approximate surface area is 121 Å². The molecule has 6 heteroatoms. The third-order valence-corrected chi connectivity index (χ3v) is 3.70. The van der Waals surface area contributed by atoms with Gasteiger partial charge in [-0.2, -0.15) is 11.3 Å². The van der Waals surface area contributed by atoms with E-state index in [-0.39, 0.29) is 5.69 Å². The van der Waals surface area contributed by atoms with Crippen LogP contribution in [0.15, 0.2) is 41.1 Å². The van der Waals surface area contributed by atoms with Gasteiger partial charge in [-0.3, -0.25) is 10.1 Å². The van der Waals surface area contributed by atoms with Gasteiger partial charge in [-0.05, 0) is 40.9 Å². The average molecular weight is 292 g/mol. The smallest absolute Gasteiger partial charge is 0.269 e. The Balaban J connectivity index is 1.72. The van der Waals surface area contributed by atoms with Gasteiger partial charge in [-0.1, -0.05) is 12.1 Å². The number of thiophene rings is 1. The van der Waals surface area contributed by atoms with Crippen molar-refractivity contribution in [3.05, 3.63) is 62.3 Å². The highest BCUT2D eigenvalue weighted by Crippen LogP contribution is 2.15. The molecule has 0 saturated carbocycles. The monoisotopic (exact) mass is 292 g/mol. The van der Waals surface area contributed by atoms with Gasteiger partial charge in [0.2, 0.25) is 0 Å². The first kappa shape index (κ1) is 14.6. The molecule has 0 bridgehead atoms. The molecular weight excluding hydrogens is 276 g/mol. The molecule has 20 heavy (non-hydrogen) atoms. The zero-order valence-electron chi connectivity index (χ0n) is 10.9. The van der Waals surface area contributed by atoms with Crippen LogP contribution in [0.2, 0.25) is 0 Å². The first-order chi connectivity index (χ1) is 9.66. The summed E-state index contributed by atoms with van der Waals surface area (Å²) in [6, 6.07) is 8.45. The molecule has 1 atom stereocenters. The summed E-state index contributed by atoms with van der Waals surface area (Å²) >= 11 is 1.56. The lowest BCUT2D eigenvalue weighted by Gasteiger charge is -2.10. The summed E-state index contributed by atoms with van der Waals surface area (Å²) in [6.45, 7) is 1.22. The quantitative estimate of drug-likeness (QED) is 0.467. The van der Waals surface area contributed by atoms with Crippen LogP contribution in [0.3, 0.4) is 0 Å². The van der Waals surface area contributed by atoms with Crippen molar-refractivity contribution >= 4 is 17.0 Å². The summed E-state index contributed by atoms with van der Waals surface area (Å²) in [7, 11) is 0. The minimum absolute atomic E-state index is 0.106. The van der Waals surface area contributed by atoms with Gasteiger partial charge < -0.3 is 10.4 Å². The lowest BCUT2D eigenvalue weighted by molar-refractivity contribution is -0.384. The summed E-state index contributed by atoms with van der Waals surface area (Å²) in [4.78, 5) is 10.1. The minimum Gasteiger partial charge on any atom is -0.387 e. The molecule has 0 aliphatic carbocycles. The Kier molecular flexibility index (Phi) is 5.23. The van der Waals surface area contributed by atoms with E-state index in [1.54, 1.807) is 23.5 Å². The van der Waals surface area contributed by atoms with Crippen molar-refractivity contribution in [2.45, 2.75) is 12.5 Å². The van der Waals surface area contributed by atoms with Gasteiger partial charge in [0.25, 0.3) is 5.69 Å². The molecule has 1 unspecified atom stereocenters. The second-order valence-corrected chi connectivity index (χ2v) is 5.23. The third kappa shape index (κ3) is 4.12. The summed E-state index contributed by atoms with van der Waals surface area (Å²) in [5.41, 5.74) is 2.07. The normalized spacial score (nSPS) is 12.2. The Morgan fingerprint density at radius 3 is 2.65 bits per heavy atom. The standard InChI is InChI=1S/C14H16N2O3S/c17-14(12-6-8-20-10-12)9-15-7-5-11-1-3-13(4-2-11)16(18)19/h1-4,6,8,10,14-15,17H,5,7,9H2. The van der Waals surface area contributed by atoms with E-state index in [1.807, 2.05) is 16.8 Å². The molecule has 0 saturated heterocycles. The van der Waals surface area contributed by atoms with Gasteiger partial charge in [0.15, 0.2) is 0 Å². The maximum atomic E-state index is 10.5. The number of nitro benzene ring substituents is 1. The zero-order valence-corrected chi connectivity index (χ0v) is 11.7. The number of benzene rings is 1. The number of hydrogen-bond acceptors (Lipinski definition) is 5. The van der Waals surface area contributed by atoms with E-state index >= 15 is 0 Å². The van der Waals surface area contributed by atoms with Gasteiger partial charge in [-0.25, -0.2) is 0 Å². The van der Waals surface area contributed by atoms with Crippen LogP contribution in [0.1, 0.15) is 17.2 Å². The van der Waals surface area contributed by atoms with Crippen LogP contribution >= 0.6 is 11.3 Å². The fourth-order valence-corrected chi connectivity index (χ4v) is 2.55. The van der Waals surface area contributed by atoms with Crippen molar-refractivity contribution in [3.8, 4) is 0 Å². The molecule has 1 heterocycles. The maximum Gasteiger partial charge on any atom is 0.269 e. The molecule has 0 aliphatic rings. The molecular formula is C14H16N2O3S. The van der Waals surface area contributed by atoms with E-state index in [0.717, 1.165) is 24.1 Å². The molecule has 5 nitrogen and oxygen atoms in total. The van der Waals surface area contributed by atoms with Crippen LogP contribution in [0.4, 0.5) is 5.69 Å². The van der Waals surface area contributed by atoms with Crippen LogP contribution in [0, 0.1) is 10.1 Å². The molecule has 2 aromatic rings. The highest BCUT2D eigenvalue weighted by molar-refractivity contribution is 7.07. The second kappa shape index (κ2) is 7.14. The van der Waals surface area contributed by atoms with Crippen molar-refractivity contribution in [1.29, 1.82) is 0 Å². The van der Waals surface area contributed by atoms with E-state index in [4.69, 9.17) is 0 Å². The zero-order chi connectivity index (χ0) is 14.4. The first-order valence-corrected chi connectivity index (χ1v) is 7.25. The molecule has 106 valence electrons. The fourth-order valence-electron chi connectivity index (χ4n) is 1.84. The van der Waals surface area contributed by atoms with Crippen LogP contribution in [-0.4, -0.2) is 23.1 Å². The number of hydrogen-bond donors (Lipinski definition) is 2. The second-order valence-electron chi connectivity index (χ2n) is 4.45. The molecule has 2 N–H and O–H groups in total.